The van der Waals surface area contributed by atoms with Crippen LogP contribution >= 0.6 is 0 Å². The molecule has 0 aliphatic rings. The topological polar surface area (TPSA) is 123 Å². The van der Waals surface area contributed by atoms with Gasteiger partial charge in [0.15, 0.2) is 6.61 Å². The molecule has 2 amide bonds. The zero-order chi connectivity index (χ0) is 17.2. The van der Waals surface area contributed by atoms with Crippen molar-refractivity contribution in [1.82, 2.24) is 5.32 Å². The summed E-state index contributed by atoms with van der Waals surface area (Å²) in [6, 6.07) is 5.47. The lowest BCUT2D eigenvalue weighted by Crippen LogP contribution is -2.30. The van der Waals surface area contributed by atoms with Crippen LogP contribution in [0.4, 0.5) is 11.4 Å². The smallest absolute Gasteiger partial charge is 0.271 e. The maximum absolute atomic E-state index is 11.5. The van der Waals surface area contributed by atoms with E-state index in [-0.39, 0.29) is 23.9 Å². The van der Waals surface area contributed by atoms with Gasteiger partial charge in [-0.3, -0.25) is 19.7 Å². The molecule has 0 spiro atoms. The van der Waals surface area contributed by atoms with Gasteiger partial charge in [-0.15, -0.1) is 0 Å². The number of nitrogens with zero attached hydrogens (tertiary/aromatic N) is 2. The van der Waals surface area contributed by atoms with Crippen molar-refractivity contribution in [3.63, 3.8) is 0 Å². The van der Waals surface area contributed by atoms with Gasteiger partial charge in [0.2, 0.25) is 0 Å². The largest absolute Gasteiger partial charge is 0.386 e. The van der Waals surface area contributed by atoms with Crippen molar-refractivity contribution in [1.29, 1.82) is 0 Å². The number of nitrogens with one attached hydrogen (secondary N) is 2. The van der Waals surface area contributed by atoms with Gasteiger partial charge in [0.1, 0.15) is 6.21 Å². The van der Waals surface area contributed by atoms with E-state index < -0.39 is 10.8 Å². The van der Waals surface area contributed by atoms with E-state index >= 15 is 0 Å². The number of carbonyl (C=O) groups is 2. The Labute approximate surface area is 132 Å². The molecule has 1 aromatic carbocycles. The first-order chi connectivity index (χ1) is 10.9. The minimum atomic E-state index is -0.631. The van der Waals surface area contributed by atoms with Crippen molar-refractivity contribution in [3.8, 4) is 0 Å². The number of benzene rings is 1. The van der Waals surface area contributed by atoms with Crippen LogP contribution in [0.15, 0.2) is 29.4 Å². The Morgan fingerprint density at radius 2 is 2.17 bits per heavy atom. The van der Waals surface area contributed by atoms with Crippen molar-refractivity contribution < 1.29 is 19.3 Å². The average molecular weight is 322 g/mol. The highest BCUT2D eigenvalue weighted by atomic mass is 16.6. The maximum atomic E-state index is 11.5. The minimum absolute atomic E-state index is 0.141. The summed E-state index contributed by atoms with van der Waals surface area (Å²) in [5.74, 6) is -0.647. The quantitative estimate of drug-likeness (QED) is 0.424. The molecule has 9 heteroatoms. The van der Waals surface area contributed by atoms with Crippen LogP contribution in [0.5, 0.6) is 0 Å². The second kappa shape index (κ2) is 9.13. The SMILES string of the molecule is CC(C)CNC(=O)CO/N=C\C(=O)Nc1cccc([N+](=O)[O-])c1. The third kappa shape index (κ3) is 7.55. The van der Waals surface area contributed by atoms with Gasteiger partial charge in [0.25, 0.3) is 17.5 Å². The Kier molecular flexibility index (Phi) is 7.18. The number of hydrogen-bond acceptors (Lipinski definition) is 6. The zero-order valence-electron chi connectivity index (χ0n) is 12.8. The molecule has 124 valence electrons. The van der Waals surface area contributed by atoms with Gasteiger partial charge in [0.05, 0.1) is 4.92 Å². The highest BCUT2D eigenvalue weighted by Gasteiger charge is 2.07. The van der Waals surface area contributed by atoms with Gasteiger partial charge in [-0.05, 0) is 12.0 Å². The van der Waals surface area contributed by atoms with Gasteiger partial charge in [-0.1, -0.05) is 25.1 Å². The summed E-state index contributed by atoms with van der Waals surface area (Å²) in [6.07, 6.45) is 0.842. The van der Waals surface area contributed by atoms with Gasteiger partial charge in [-0.25, -0.2) is 0 Å². The number of oxime groups is 1. The normalized spacial score (nSPS) is 10.6. The van der Waals surface area contributed by atoms with Gasteiger partial charge in [-0.2, -0.15) is 0 Å². The molecule has 1 aromatic rings. The molecule has 0 heterocycles. The van der Waals surface area contributed by atoms with Gasteiger partial charge >= 0.3 is 0 Å². The molecule has 0 aliphatic carbocycles. The molecular weight excluding hydrogens is 304 g/mol. The molecule has 0 unspecified atom stereocenters. The fraction of sp³-hybridized carbons (Fsp3) is 0.357. The lowest BCUT2D eigenvalue weighted by Gasteiger charge is -2.06. The third-order valence-corrected chi connectivity index (χ3v) is 2.47. The molecule has 0 aliphatic heterocycles. The molecule has 0 fully saturated rings. The minimum Gasteiger partial charge on any atom is -0.386 e. The Bertz CT molecular complexity index is 601. The first kappa shape index (κ1) is 18.1. The van der Waals surface area contributed by atoms with Crippen LogP contribution in [-0.4, -0.2) is 36.1 Å². The van der Waals surface area contributed by atoms with Crippen LogP contribution in [0.2, 0.25) is 0 Å². The summed E-state index contributed by atoms with van der Waals surface area (Å²) in [4.78, 5) is 37.6. The fourth-order valence-corrected chi connectivity index (χ4v) is 1.42. The highest BCUT2D eigenvalue weighted by molar-refractivity contribution is 6.31. The monoisotopic (exact) mass is 322 g/mol. The van der Waals surface area contributed by atoms with E-state index in [2.05, 4.69) is 20.6 Å². The molecule has 0 bridgehead atoms. The van der Waals surface area contributed by atoms with E-state index in [1.807, 2.05) is 13.8 Å². The van der Waals surface area contributed by atoms with Gasteiger partial charge < -0.3 is 15.5 Å². The van der Waals surface area contributed by atoms with Crippen molar-refractivity contribution >= 4 is 29.4 Å². The lowest BCUT2D eigenvalue weighted by atomic mass is 10.2. The van der Waals surface area contributed by atoms with Crippen LogP contribution < -0.4 is 10.6 Å². The second-order valence-electron chi connectivity index (χ2n) is 5.00. The molecule has 2 N–H and O–H groups in total. The first-order valence-electron chi connectivity index (χ1n) is 6.86. The molecule has 0 atom stereocenters. The number of amides is 2. The summed E-state index contributed by atoms with van der Waals surface area (Å²) in [7, 11) is 0. The van der Waals surface area contributed by atoms with Gasteiger partial charge in [0, 0.05) is 24.4 Å². The van der Waals surface area contributed by atoms with Crippen LogP contribution in [0.25, 0.3) is 0 Å². The number of carbonyl (C=O) groups excluding carboxylic acids is 2. The number of rotatable bonds is 8. The summed E-state index contributed by atoms with van der Waals surface area (Å²) >= 11 is 0. The van der Waals surface area contributed by atoms with E-state index in [0.29, 0.717) is 12.5 Å². The molecule has 0 radical (unpaired) electrons. The van der Waals surface area contributed by atoms with Crippen molar-refractivity contribution in [2.45, 2.75) is 13.8 Å². The molecular formula is C14H18N4O5. The van der Waals surface area contributed by atoms with E-state index in [1.54, 1.807) is 0 Å². The number of nitro benzene ring substituents is 1. The van der Waals surface area contributed by atoms with Crippen molar-refractivity contribution in [3.05, 3.63) is 34.4 Å². The standard InChI is InChI=1S/C14H18N4O5/c1-10(2)7-15-14(20)9-23-16-8-13(19)17-11-4-3-5-12(6-11)18(21)22/h3-6,8,10H,7,9H2,1-2H3,(H,15,20)(H,17,19)/b16-8-. The number of non-ortho nitro benzene ring substituents is 1. The predicted octanol–water partition coefficient (Wildman–Crippen LogP) is 1.31. The molecule has 1 rings (SSSR count). The van der Waals surface area contributed by atoms with E-state index in [1.165, 1.54) is 24.3 Å². The second-order valence-corrected chi connectivity index (χ2v) is 5.00. The van der Waals surface area contributed by atoms with Crippen molar-refractivity contribution in [2.24, 2.45) is 11.1 Å². The maximum Gasteiger partial charge on any atom is 0.271 e. The Morgan fingerprint density at radius 3 is 2.83 bits per heavy atom. The number of hydrogen-bond donors (Lipinski definition) is 2. The Balaban J connectivity index is 2.37. The van der Waals surface area contributed by atoms with Crippen LogP contribution in [0, 0.1) is 16.0 Å². The summed E-state index contributed by atoms with van der Waals surface area (Å²) < 4.78 is 0. The van der Waals surface area contributed by atoms with E-state index in [4.69, 9.17) is 0 Å². The zero-order valence-corrected chi connectivity index (χ0v) is 12.8. The van der Waals surface area contributed by atoms with E-state index in [9.17, 15) is 19.7 Å². The number of anilines is 1. The first-order valence-corrected chi connectivity index (χ1v) is 6.86. The highest BCUT2D eigenvalue weighted by Crippen LogP contribution is 2.16. The van der Waals surface area contributed by atoms with Crippen LogP contribution in [0.3, 0.4) is 0 Å². The fourth-order valence-electron chi connectivity index (χ4n) is 1.42. The molecule has 0 aromatic heterocycles. The van der Waals surface area contributed by atoms with Crippen LogP contribution in [0.1, 0.15) is 13.8 Å². The van der Waals surface area contributed by atoms with Crippen molar-refractivity contribution in [2.75, 3.05) is 18.5 Å². The average Bonchev–Trinajstić information content (AvgIpc) is 2.49. The predicted molar refractivity (Wildman–Crippen MR) is 84.0 cm³/mol. The summed E-state index contributed by atoms with van der Waals surface area (Å²) in [5, 5.41) is 19.0. The Morgan fingerprint density at radius 1 is 1.43 bits per heavy atom. The lowest BCUT2D eigenvalue weighted by molar-refractivity contribution is -0.384. The molecule has 0 saturated carbocycles. The third-order valence-electron chi connectivity index (χ3n) is 2.47. The summed E-state index contributed by atoms with van der Waals surface area (Å²) in [6.45, 7) is 4.14. The molecule has 9 nitrogen and oxygen atoms in total. The summed E-state index contributed by atoms with van der Waals surface area (Å²) in [5.41, 5.74) is 0.114. The molecule has 0 saturated heterocycles. The molecule has 23 heavy (non-hydrogen) atoms. The number of nitro groups is 1. The Hall–Kier alpha value is -2.97. The van der Waals surface area contributed by atoms with Crippen LogP contribution in [-0.2, 0) is 14.4 Å². The van der Waals surface area contributed by atoms with E-state index in [0.717, 1.165) is 6.21 Å².